The Bertz CT molecular complexity index is 792. The molecule has 0 bridgehead atoms. The van der Waals surface area contributed by atoms with Crippen LogP contribution in [-0.2, 0) is 9.53 Å². The number of esters is 1. The predicted octanol–water partition coefficient (Wildman–Crippen LogP) is 4.07. The van der Waals surface area contributed by atoms with Crippen LogP contribution < -0.4 is 4.74 Å². The molecule has 2 aromatic carbocycles. The van der Waals surface area contributed by atoms with E-state index >= 15 is 0 Å². The van der Waals surface area contributed by atoms with Crippen molar-refractivity contribution in [1.82, 2.24) is 0 Å². The second kappa shape index (κ2) is 7.13. The van der Waals surface area contributed by atoms with Gasteiger partial charge in [-0.25, -0.2) is 9.79 Å². The quantitative estimate of drug-likeness (QED) is 0.616. The van der Waals surface area contributed by atoms with Crippen LogP contribution >= 0.6 is 0 Å². The van der Waals surface area contributed by atoms with Gasteiger partial charge in [-0.1, -0.05) is 44.2 Å². The minimum Gasteiger partial charge on any atom is -0.493 e. The SMILES string of the molecule is CC(C)COc1cccc(/C=C2\N=C(c3ccccc3)OC2=O)c1. The number of benzene rings is 2. The van der Waals surface area contributed by atoms with E-state index in [2.05, 4.69) is 18.8 Å². The molecule has 0 amide bonds. The van der Waals surface area contributed by atoms with Crippen LogP contribution in [0, 0.1) is 5.92 Å². The Morgan fingerprint density at radius 2 is 1.92 bits per heavy atom. The predicted molar refractivity (Wildman–Crippen MR) is 93.8 cm³/mol. The van der Waals surface area contributed by atoms with E-state index in [0.29, 0.717) is 18.4 Å². The molecule has 122 valence electrons. The van der Waals surface area contributed by atoms with E-state index in [1.54, 1.807) is 6.08 Å². The number of nitrogens with zero attached hydrogens (tertiary/aromatic N) is 1. The van der Waals surface area contributed by atoms with E-state index < -0.39 is 5.97 Å². The largest absolute Gasteiger partial charge is 0.493 e. The maximum Gasteiger partial charge on any atom is 0.363 e. The second-order valence-corrected chi connectivity index (χ2v) is 5.98. The number of carbonyl (C=O) groups excluding carboxylic acids is 1. The molecule has 4 nitrogen and oxygen atoms in total. The van der Waals surface area contributed by atoms with Crippen LogP contribution in [0.15, 0.2) is 65.3 Å². The highest BCUT2D eigenvalue weighted by Gasteiger charge is 2.23. The molecule has 0 atom stereocenters. The maximum absolute atomic E-state index is 12.0. The monoisotopic (exact) mass is 321 g/mol. The molecule has 0 fully saturated rings. The summed E-state index contributed by atoms with van der Waals surface area (Å²) in [7, 11) is 0. The van der Waals surface area contributed by atoms with Gasteiger partial charge in [-0.2, -0.15) is 0 Å². The third-order valence-corrected chi connectivity index (χ3v) is 3.39. The molecular weight excluding hydrogens is 302 g/mol. The lowest BCUT2D eigenvalue weighted by atomic mass is 10.2. The Hall–Kier alpha value is -2.88. The minimum absolute atomic E-state index is 0.287. The van der Waals surface area contributed by atoms with Crippen molar-refractivity contribution in [2.45, 2.75) is 13.8 Å². The van der Waals surface area contributed by atoms with Crippen LogP contribution in [-0.4, -0.2) is 18.5 Å². The van der Waals surface area contributed by atoms with Gasteiger partial charge in [0.25, 0.3) is 0 Å². The first kappa shape index (κ1) is 16.0. The van der Waals surface area contributed by atoms with Gasteiger partial charge < -0.3 is 9.47 Å². The summed E-state index contributed by atoms with van der Waals surface area (Å²) in [5.41, 5.74) is 1.92. The third-order valence-electron chi connectivity index (χ3n) is 3.39. The smallest absolute Gasteiger partial charge is 0.363 e. The van der Waals surface area contributed by atoms with Crippen molar-refractivity contribution in [3.8, 4) is 5.75 Å². The summed E-state index contributed by atoms with van der Waals surface area (Å²) in [5, 5.41) is 0. The third kappa shape index (κ3) is 3.90. The van der Waals surface area contributed by atoms with E-state index in [1.807, 2.05) is 54.6 Å². The normalized spacial score (nSPS) is 15.5. The molecule has 0 saturated heterocycles. The van der Waals surface area contributed by atoms with Crippen molar-refractivity contribution in [1.29, 1.82) is 0 Å². The number of rotatable bonds is 5. The molecule has 1 aliphatic heterocycles. The number of hydrogen-bond acceptors (Lipinski definition) is 4. The topological polar surface area (TPSA) is 47.9 Å². The molecule has 1 heterocycles. The van der Waals surface area contributed by atoms with Crippen LogP contribution in [0.5, 0.6) is 5.75 Å². The van der Waals surface area contributed by atoms with Crippen LogP contribution in [0.2, 0.25) is 0 Å². The lowest BCUT2D eigenvalue weighted by Gasteiger charge is -2.08. The molecule has 0 aromatic heterocycles. The molecule has 0 N–H and O–H groups in total. The highest BCUT2D eigenvalue weighted by molar-refractivity contribution is 6.12. The summed E-state index contributed by atoms with van der Waals surface area (Å²) < 4.78 is 11.0. The van der Waals surface area contributed by atoms with Gasteiger partial charge in [-0.3, -0.25) is 0 Å². The minimum atomic E-state index is -0.442. The zero-order valence-corrected chi connectivity index (χ0v) is 13.7. The number of cyclic esters (lactones) is 1. The molecule has 2 aromatic rings. The van der Waals surface area contributed by atoms with Gasteiger partial charge >= 0.3 is 5.97 Å². The van der Waals surface area contributed by atoms with Crippen LogP contribution in [0.4, 0.5) is 0 Å². The molecular formula is C20H19NO3. The van der Waals surface area contributed by atoms with Gasteiger partial charge in [0.1, 0.15) is 5.75 Å². The summed E-state index contributed by atoms with van der Waals surface area (Å²) in [4.78, 5) is 16.3. The van der Waals surface area contributed by atoms with Gasteiger partial charge in [0, 0.05) is 5.56 Å². The summed E-state index contributed by atoms with van der Waals surface area (Å²) >= 11 is 0. The van der Waals surface area contributed by atoms with E-state index in [9.17, 15) is 4.79 Å². The molecule has 0 unspecified atom stereocenters. The highest BCUT2D eigenvalue weighted by atomic mass is 16.6. The van der Waals surface area contributed by atoms with Crippen LogP contribution in [0.1, 0.15) is 25.0 Å². The first-order chi connectivity index (χ1) is 11.6. The number of carbonyl (C=O) groups is 1. The van der Waals surface area contributed by atoms with Crippen LogP contribution in [0.3, 0.4) is 0 Å². The van der Waals surface area contributed by atoms with Gasteiger partial charge in [-0.05, 0) is 41.8 Å². The summed E-state index contributed by atoms with van der Waals surface area (Å²) in [5.74, 6) is 1.12. The first-order valence-corrected chi connectivity index (χ1v) is 7.92. The van der Waals surface area contributed by atoms with Crippen molar-refractivity contribution in [2.24, 2.45) is 10.9 Å². The Labute approximate surface area is 141 Å². The standard InChI is InChI=1S/C20H19NO3/c1-14(2)13-23-17-10-6-7-15(11-17)12-18-20(22)24-19(21-18)16-8-4-3-5-9-16/h3-12,14H,13H2,1-2H3/b18-12-. The highest BCUT2D eigenvalue weighted by Crippen LogP contribution is 2.21. The van der Waals surface area contributed by atoms with E-state index in [4.69, 9.17) is 9.47 Å². The first-order valence-electron chi connectivity index (χ1n) is 7.92. The number of hydrogen-bond donors (Lipinski definition) is 0. The van der Waals surface area contributed by atoms with Crippen molar-refractivity contribution < 1.29 is 14.3 Å². The van der Waals surface area contributed by atoms with Crippen molar-refractivity contribution in [3.05, 3.63) is 71.4 Å². The maximum atomic E-state index is 12.0. The van der Waals surface area contributed by atoms with Gasteiger partial charge in [0.2, 0.25) is 5.90 Å². The fourth-order valence-electron chi connectivity index (χ4n) is 2.23. The van der Waals surface area contributed by atoms with E-state index in [0.717, 1.165) is 16.9 Å². The van der Waals surface area contributed by atoms with E-state index in [1.165, 1.54) is 0 Å². The zero-order valence-electron chi connectivity index (χ0n) is 13.7. The molecule has 0 spiro atoms. The summed E-state index contributed by atoms with van der Waals surface area (Å²) in [6.45, 7) is 4.85. The summed E-state index contributed by atoms with van der Waals surface area (Å²) in [6.07, 6.45) is 1.71. The Kier molecular flexibility index (Phi) is 4.75. The van der Waals surface area contributed by atoms with Gasteiger partial charge in [0.15, 0.2) is 5.70 Å². The summed E-state index contributed by atoms with van der Waals surface area (Å²) in [6, 6.07) is 17.0. The number of aliphatic imine (C=N–C) groups is 1. The molecule has 1 aliphatic rings. The fraction of sp³-hybridized carbons (Fsp3) is 0.200. The van der Waals surface area contributed by atoms with E-state index in [-0.39, 0.29) is 5.70 Å². The van der Waals surface area contributed by atoms with Crippen molar-refractivity contribution in [2.75, 3.05) is 6.61 Å². The molecule has 3 rings (SSSR count). The lowest BCUT2D eigenvalue weighted by Crippen LogP contribution is -2.05. The lowest BCUT2D eigenvalue weighted by molar-refractivity contribution is -0.129. The van der Waals surface area contributed by atoms with Crippen LogP contribution in [0.25, 0.3) is 6.08 Å². The molecule has 0 aliphatic carbocycles. The zero-order chi connectivity index (χ0) is 16.9. The molecule has 0 saturated carbocycles. The molecule has 0 radical (unpaired) electrons. The average molecular weight is 321 g/mol. The fourth-order valence-corrected chi connectivity index (χ4v) is 2.23. The Balaban J connectivity index is 1.82. The average Bonchev–Trinajstić information content (AvgIpc) is 2.95. The molecule has 24 heavy (non-hydrogen) atoms. The van der Waals surface area contributed by atoms with Crippen molar-refractivity contribution >= 4 is 17.9 Å². The number of ether oxygens (including phenoxy) is 2. The van der Waals surface area contributed by atoms with Gasteiger partial charge in [-0.15, -0.1) is 0 Å². The second-order valence-electron chi connectivity index (χ2n) is 5.98. The molecule has 4 heteroatoms. The van der Waals surface area contributed by atoms with Crippen molar-refractivity contribution in [3.63, 3.8) is 0 Å². The Morgan fingerprint density at radius 3 is 2.67 bits per heavy atom. The van der Waals surface area contributed by atoms with Gasteiger partial charge in [0.05, 0.1) is 6.61 Å². The Morgan fingerprint density at radius 1 is 1.12 bits per heavy atom.